The highest BCUT2D eigenvalue weighted by Gasteiger charge is 2.41. The van der Waals surface area contributed by atoms with Gasteiger partial charge in [-0.25, -0.2) is 5.01 Å². The molecule has 31 heavy (non-hydrogen) atoms. The molecule has 2 aliphatic rings. The summed E-state index contributed by atoms with van der Waals surface area (Å²) >= 11 is 3.62. The molecule has 4 nitrogen and oxygen atoms in total. The maximum atomic E-state index is 6.45. The van der Waals surface area contributed by atoms with E-state index in [1.54, 1.807) is 0 Å². The molecule has 0 amide bonds. The summed E-state index contributed by atoms with van der Waals surface area (Å²) in [7, 11) is 0. The number of aryl methyl sites for hydroxylation is 1. The number of halogens is 1. The number of hydrogen-bond donors (Lipinski definition) is 0. The van der Waals surface area contributed by atoms with Gasteiger partial charge in [-0.2, -0.15) is 5.10 Å². The van der Waals surface area contributed by atoms with Crippen molar-refractivity contribution in [2.24, 2.45) is 5.10 Å². The molecule has 158 valence electrons. The Labute approximate surface area is 191 Å². The van der Waals surface area contributed by atoms with Gasteiger partial charge in [0.25, 0.3) is 0 Å². The molecule has 2 aliphatic heterocycles. The first-order valence-electron chi connectivity index (χ1n) is 10.6. The monoisotopic (exact) mass is 476 g/mol. The number of ether oxygens (including phenoxy) is 2. The van der Waals surface area contributed by atoms with Gasteiger partial charge in [-0.05, 0) is 68.8 Å². The van der Waals surface area contributed by atoms with E-state index >= 15 is 0 Å². The van der Waals surface area contributed by atoms with Gasteiger partial charge in [0.15, 0.2) is 0 Å². The third-order valence-corrected chi connectivity index (χ3v) is 6.17. The van der Waals surface area contributed by atoms with Gasteiger partial charge in [-0.3, -0.25) is 0 Å². The molecule has 0 aromatic heterocycles. The second kappa shape index (κ2) is 8.04. The third kappa shape index (κ3) is 3.94. The van der Waals surface area contributed by atoms with Crippen LogP contribution in [0, 0.1) is 6.92 Å². The van der Waals surface area contributed by atoms with Crippen molar-refractivity contribution in [3.05, 3.63) is 93.5 Å². The summed E-state index contributed by atoms with van der Waals surface area (Å²) in [5.74, 6) is 1.80. The van der Waals surface area contributed by atoms with Gasteiger partial charge in [0.05, 0.1) is 17.9 Å². The Morgan fingerprint density at radius 2 is 1.77 bits per heavy atom. The van der Waals surface area contributed by atoms with E-state index in [-0.39, 0.29) is 18.4 Å². The van der Waals surface area contributed by atoms with E-state index in [9.17, 15) is 0 Å². The molecule has 3 aromatic rings. The molecule has 5 heteroatoms. The largest absolute Gasteiger partial charge is 0.491 e. The SMILES string of the molecule is Cc1ccc([C@@H]2Oc3ccc(Br)cc3[C@@H]3CC(c4ccc(OC(C)C)cc4)=NN32)cc1. The molecule has 0 radical (unpaired) electrons. The van der Waals surface area contributed by atoms with Gasteiger partial charge >= 0.3 is 0 Å². The second-order valence-corrected chi connectivity index (χ2v) is 9.32. The summed E-state index contributed by atoms with van der Waals surface area (Å²) in [6.45, 7) is 6.17. The van der Waals surface area contributed by atoms with Crippen molar-refractivity contribution in [3.8, 4) is 11.5 Å². The van der Waals surface area contributed by atoms with Crippen molar-refractivity contribution >= 4 is 21.6 Å². The third-order valence-electron chi connectivity index (χ3n) is 5.67. The molecule has 0 N–H and O–H groups in total. The molecular weight excluding hydrogens is 452 g/mol. The van der Waals surface area contributed by atoms with Crippen LogP contribution in [0.4, 0.5) is 0 Å². The summed E-state index contributed by atoms with van der Waals surface area (Å²) in [6.07, 6.45) is 0.742. The molecule has 0 bridgehead atoms. The second-order valence-electron chi connectivity index (χ2n) is 8.40. The van der Waals surface area contributed by atoms with Crippen LogP contribution >= 0.6 is 15.9 Å². The molecule has 5 rings (SSSR count). The molecular formula is C26H25BrN2O2. The molecule has 0 spiro atoms. The molecule has 0 unspecified atom stereocenters. The van der Waals surface area contributed by atoms with Crippen LogP contribution in [0.5, 0.6) is 11.5 Å². The number of benzene rings is 3. The van der Waals surface area contributed by atoms with Crippen LogP contribution in [0.1, 0.15) is 54.8 Å². The van der Waals surface area contributed by atoms with Crippen LogP contribution in [0.15, 0.2) is 76.3 Å². The van der Waals surface area contributed by atoms with Crippen molar-refractivity contribution < 1.29 is 9.47 Å². The summed E-state index contributed by atoms with van der Waals surface area (Å²) in [4.78, 5) is 0. The Morgan fingerprint density at radius 1 is 1.03 bits per heavy atom. The van der Waals surface area contributed by atoms with Gasteiger partial charge in [0.1, 0.15) is 11.5 Å². The summed E-state index contributed by atoms with van der Waals surface area (Å²) in [5, 5.41) is 7.17. The highest BCUT2D eigenvalue weighted by atomic mass is 79.9. The summed E-state index contributed by atoms with van der Waals surface area (Å²) in [5.41, 5.74) is 5.68. The molecule has 0 aliphatic carbocycles. The van der Waals surface area contributed by atoms with Gasteiger partial charge < -0.3 is 9.47 Å². The molecule has 0 saturated carbocycles. The van der Waals surface area contributed by atoms with Crippen LogP contribution in [-0.4, -0.2) is 16.8 Å². The van der Waals surface area contributed by atoms with E-state index in [1.165, 1.54) is 5.56 Å². The Hall–Kier alpha value is -2.79. The van der Waals surface area contributed by atoms with Crippen LogP contribution in [-0.2, 0) is 0 Å². The zero-order valence-electron chi connectivity index (χ0n) is 17.9. The minimum absolute atomic E-state index is 0.133. The molecule has 2 heterocycles. The van der Waals surface area contributed by atoms with Crippen molar-refractivity contribution in [3.63, 3.8) is 0 Å². The Bertz CT molecular complexity index is 1120. The van der Waals surface area contributed by atoms with Crippen LogP contribution in [0.3, 0.4) is 0 Å². The number of hydrazone groups is 1. The lowest BCUT2D eigenvalue weighted by Gasteiger charge is -2.38. The summed E-state index contributed by atoms with van der Waals surface area (Å²) < 4.78 is 13.3. The highest BCUT2D eigenvalue weighted by Crippen LogP contribution is 2.48. The van der Waals surface area contributed by atoms with Crippen LogP contribution in [0.25, 0.3) is 0 Å². The Balaban J connectivity index is 1.52. The van der Waals surface area contributed by atoms with E-state index in [0.717, 1.165) is 44.8 Å². The lowest BCUT2D eigenvalue weighted by molar-refractivity contribution is -0.0190. The average molecular weight is 477 g/mol. The first kappa shape index (κ1) is 20.1. The van der Waals surface area contributed by atoms with E-state index < -0.39 is 0 Å². The Kier molecular flexibility index (Phi) is 5.22. The maximum absolute atomic E-state index is 6.45. The number of nitrogens with zero attached hydrogens (tertiary/aromatic N) is 2. The minimum atomic E-state index is -0.250. The number of hydrogen-bond acceptors (Lipinski definition) is 4. The summed E-state index contributed by atoms with van der Waals surface area (Å²) in [6, 6.07) is 23.1. The van der Waals surface area contributed by atoms with Gasteiger partial charge in [0.2, 0.25) is 6.23 Å². The fraction of sp³-hybridized carbons (Fsp3) is 0.269. The minimum Gasteiger partial charge on any atom is -0.491 e. The quantitative estimate of drug-likeness (QED) is 0.415. The van der Waals surface area contributed by atoms with E-state index in [4.69, 9.17) is 14.6 Å². The molecule has 2 atom stereocenters. The van der Waals surface area contributed by atoms with Crippen molar-refractivity contribution in [1.29, 1.82) is 0 Å². The van der Waals surface area contributed by atoms with Crippen LogP contribution in [0.2, 0.25) is 0 Å². The van der Waals surface area contributed by atoms with E-state index in [2.05, 4.69) is 70.3 Å². The fourth-order valence-electron chi connectivity index (χ4n) is 4.18. The smallest absolute Gasteiger partial charge is 0.213 e. The average Bonchev–Trinajstić information content (AvgIpc) is 3.20. The fourth-order valence-corrected chi connectivity index (χ4v) is 4.56. The zero-order valence-corrected chi connectivity index (χ0v) is 19.5. The van der Waals surface area contributed by atoms with Crippen molar-refractivity contribution in [2.75, 3.05) is 0 Å². The molecule has 0 fully saturated rings. The zero-order chi connectivity index (χ0) is 21.5. The number of rotatable bonds is 4. The first-order valence-corrected chi connectivity index (χ1v) is 11.4. The first-order chi connectivity index (χ1) is 15.0. The van der Waals surface area contributed by atoms with E-state index in [0.29, 0.717) is 0 Å². The lowest BCUT2D eigenvalue weighted by atomic mass is 9.96. The van der Waals surface area contributed by atoms with Gasteiger partial charge in [-0.15, -0.1) is 0 Å². The van der Waals surface area contributed by atoms with Gasteiger partial charge in [-0.1, -0.05) is 45.8 Å². The topological polar surface area (TPSA) is 34.1 Å². The predicted molar refractivity (Wildman–Crippen MR) is 127 cm³/mol. The molecule has 3 aromatic carbocycles. The Morgan fingerprint density at radius 3 is 2.48 bits per heavy atom. The standard InChI is InChI=1S/C26H25BrN2O2/c1-16(2)30-21-11-8-18(9-12-21)23-15-24-22-14-20(27)10-13-25(22)31-26(29(24)28-23)19-6-4-17(3)5-7-19/h4-14,16,24,26H,15H2,1-3H3/t24-,26-/m0/s1. The van der Waals surface area contributed by atoms with Crippen molar-refractivity contribution in [1.82, 2.24) is 5.01 Å². The lowest BCUT2D eigenvalue weighted by Crippen LogP contribution is -2.33. The maximum Gasteiger partial charge on any atom is 0.213 e. The van der Waals surface area contributed by atoms with E-state index in [1.807, 2.05) is 38.1 Å². The normalized spacial score (nSPS) is 19.5. The molecule has 0 saturated heterocycles. The van der Waals surface area contributed by atoms with Crippen molar-refractivity contribution in [2.45, 2.75) is 45.6 Å². The number of fused-ring (bicyclic) bond motifs is 3. The predicted octanol–water partition coefficient (Wildman–Crippen LogP) is 6.79. The highest BCUT2D eigenvalue weighted by molar-refractivity contribution is 9.10. The van der Waals surface area contributed by atoms with Gasteiger partial charge in [0, 0.05) is 22.0 Å². The van der Waals surface area contributed by atoms with Crippen LogP contribution < -0.4 is 9.47 Å².